The second-order valence-corrected chi connectivity index (χ2v) is 8.02. The third-order valence-electron chi connectivity index (χ3n) is 3.19. The fourth-order valence-corrected chi connectivity index (χ4v) is 3.54. The molecule has 1 amide bonds. The van der Waals surface area contributed by atoms with E-state index in [0.717, 1.165) is 16.3 Å². The molecule has 2 aromatic heterocycles. The lowest BCUT2D eigenvalue weighted by Gasteiger charge is -2.11. The van der Waals surface area contributed by atoms with Crippen LogP contribution in [-0.2, 0) is 21.2 Å². The Morgan fingerprint density at radius 3 is 2.85 bits per heavy atom. The van der Waals surface area contributed by atoms with Crippen LogP contribution in [0.5, 0.6) is 0 Å². The highest BCUT2D eigenvalue weighted by atomic mass is 32.2. The monoisotopic (exact) mass is 315 g/mol. The van der Waals surface area contributed by atoms with Crippen molar-refractivity contribution in [3.8, 4) is 0 Å². The number of aryl methyl sites for hydroxylation is 1. The average Bonchev–Trinajstić information content (AvgIpc) is 2.97. The summed E-state index contributed by atoms with van der Waals surface area (Å²) in [6.45, 7) is 5.15. The molecular formula is C12H17N3O3S2. The average molecular weight is 315 g/mol. The van der Waals surface area contributed by atoms with E-state index in [2.05, 4.69) is 10.3 Å². The molecule has 8 heteroatoms. The molecule has 0 saturated carbocycles. The van der Waals surface area contributed by atoms with Crippen molar-refractivity contribution in [3.63, 3.8) is 0 Å². The van der Waals surface area contributed by atoms with Gasteiger partial charge in [0.2, 0.25) is 5.91 Å². The number of carbonyl (C=O) groups excluding carboxylic acids is 1. The van der Waals surface area contributed by atoms with E-state index >= 15 is 0 Å². The van der Waals surface area contributed by atoms with E-state index < -0.39 is 21.0 Å². The molecule has 0 saturated heterocycles. The van der Waals surface area contributed by atoms with Gasteiger partial charge >= 0.3 is 0 Å². The van der Waals surface area contributed by atoms with Gasteiger partial charge in [0.25, 0.3) is 0 Å². The molecule has 1 atom stereocenters. The zero-order chi connectivity index (χ0) is 14.9. The summed E-state index contributed by atoms with van der Waals surface area (Å²) in [5.41, 5.74) is 1.80. The van der Waals surface area contributed by atoms with E-state index in [4.69, 9.17) is 0 Å². The second-order valence-electron chi connectivity index (χ2n) is 4.57. The van der Waals surface area contributed by atoms with Crippen LogP contribution in [0.3, 0.4) is 0 Å². The molecule has 0 spiro atoms. The molecule has 6 nitrogen and oxygen atoms in total. The van der Waals surface area contributed by atoms with E-state index in [1.54, 1.807) is 0 Å². The highest BCUT2D eigenvalue weighted by Crippen LogP contribution is 2.15. The molecule has 20 heavy (non-hydrogen) atoms. The smallest absolute Gasteiger partial charge is 0.238 e. The lowest BCUT2D eigenvalue weighted by atomic mass is 10.4. The molecule has 0 aliphatic rings. The normalized spacial score (nSPS) is 13.6. The topological polar surface area (TPSA) is 80.5 Å². The Bertz CT molecular complexity index is 730. The van der Waals surface area contributed by atoms with Crippen molar-refractivity contribution >= 4 is 32.0 Å². The van der Waals surface area contributed by atoms with Gasteiger partial charge in [-0.05, 0) is 13.8 Å². The number of aromatic nitrogens is 2. The van der Waals surface area contributed by atoms with Crippen LogP contribution in [-0.4, -0.2) is 34.7 Å². The van der Waals surface area contributed by atoms with Crippen LogP contribution in [0.15, 0.2) is 11.6 Å². The highest BCUT2D eigenvalue weighted by Gasteiger charge is 2.25. The maximum atomic E-state index is 11.8. The maximum Gasteiger partial charge on any atom is 0.238 e. The summed E-state index contributed by atoms with van der Waals surface area (Å²) in [7, 11) is -3.36. The molecule has 2 aromatic rings. The fourth-order valence-electron chi connectivity index (χ4n) is 1.76. The molecule has 0 aromatic carbocycles. The van der Waals surface area contributed by atoms with Gasteiger partial charge in [-0.1, -0.05) is 6.92 Å². The Morgan fingerprint density at radius 2 is 2.25 bits per heavy atom. The molecule has 0 unspecified atom stereocenters. The summed E-state index contributed by atoms with van der Waals surface area (Å²) < 4.78 is 25.2. The third-order valence-corrected chi connectivity index (χ3v) is 6.25. The second kappa shape index (κ2) is 5.53. The predicted molar refractivity (Wildman–Crippen MR) is 78.6 cm³/mol. The fraction of sp³-hybridized carbons (Fsp3) is 0.500. The molecular weight excluding hydrogens is 298 g/mol. The lowest BCUT2D eigenvalue weighted by molar-refractivity contribution is -0.120. The van der Waals surface area contributed by atoms with Crippen molar-refractivity contribution in [1.29, 1.82) is 0 Å². The van der Waals surface area contributed by atoms with E-state index in [9.17, 15) is 13.2 Å². The SMILES string of the molecule is CCS(=O)(=O)[C@@H](C)C(=O)NCc1cn2c(C)csc2n1. The van der Waals surface area contributed by atoms with Crippen LogP contribution in [0.2, 0.25) is 0 Å². The van der Waals surface area contributed by atoms with Crippen molar-refractivity contribution in [3.05, 3.63) is 23.0 Å². The first kappa shape index (κ1) is 15.0. The van der Waals surface area contributed by atoms with Crippen LogP contribution in [0.4, 0.5) is 0 Å². The first-order valence-corrected chi connectivity index (χ1v) is 8.86. The Morgan fingerprint density at radius 1 is 1.55 bits per heavy atom. The summed E-state index contributed by atoms with van der Waals surface area (Å²) in [6.07, 6.45) is 1.85. The van der Waals surface area contributed by atoms with E-state index in [0.29, 0.717) is 0 Å². The number of amides is 1. The molecule has 2 rings (SSSR count). The van der Waals surface area contributed by atoms with Gasteiger partial charge in [-0.15, -0.1) is 11.3 Å². The molecule has 0 fully saturated rings. The Labute approximate surface area is 121 Å². The summed E-state index contributed by atoms with van der Waals surface area (Å²) in [6, 6.07) is 0. The van der Waals surface area contributed by atoms with Crippen LogP contribution in [0, 0.1) is 6.92 Å². The quantitative estimate of drug-likeness (QED) is 0.897. The van der Waals surface area contributed by atoms with Crippen molar-refractivity contribution in [2.75, 3.05) is 5.75 Å². The Hall–Kier alpha value is -1.41. The summed E-state index contributed by atoms with van der Waals surface area (Å²) in [5, 5.41) is 3.59. The summed E-state index contributed by atoms with van der Waals surface area (Å²) in [5.74, 6) is -0.527. The molecule has 0 radical (unpaired) electrons. The number of sulfone groups is 1. The van der Waals surface area contributed by atoms with Crippen molar-refractivity contribution in [2.45, 2.75) is 32.6 Å². The number of fused-ring (bicyclic) bond motifs is 1. The number of imidazole rings is 1. The highest BCUT2D eigenvalue weighted by molar-refractivity contribution is 7.92. The number of hydrogen-bond acceptors (Lipinski definition) is 5. The minimum absolute atomic E-state index is 0.0407. The van der Waals surface area contributed by atoms with Crippen molar-refractivity contribution in [1.82, 2.24) is 14.7 Å². The third kappa shape index (κ3) is 2.85. The largest absolute Gasteiger partial charge is 0.349 e. The Balaban J connectivity index is 2.03. The minimum Gasteiger partial charge on any atom is -0.349 e. The first-order chi connectivity index (χ1) is 9.35. The number of rotatable bonds is 5. The molecule has 110 valence electrons. The van der Waals surface area contributed by atoms with Crippen molar-refractivity contribution < 1.29 is 13.2 Å². The van der Waals surface area contributed by atoms with E-state index in [1.807, 2.05) is 22.9 Å². The molecule has 1 N–H and O–H groups in total. The van der Waals surface area contributed by atoms with Gasteiger partial charge in [-0.25, -0.2) is 13.4 Å². The van der Waals surface area contributed by atoms with Crippen LogP contribution in [0.1, 0.15) is 25.2 Å². The number of carbonyl (C=O) groups is 1. The number of thiazole rings is 1. The Kier molecular flexibility index (Phi) is 4.14. The van der Waals surface area contributed by atoms with Gasteiger partial charge in [-0.2, -0.15) is 0 Å². The van der Waals surface area contributed by atoms with Crippen LogP contribution >= 0.6 is 11.3 Å². The van der Waals surface area contributed by atoms with Gasteiger partial charge in [0.05, 0.1) is 12.2 Å². The zero-order valence-electron chi connectivity index (χ0n) is 11.6. The maximum absolute atomic E-state index is 11.8. The first-order valence-electron chi connectivity index (χ1n) is 6.26. The number of hydrogen-bond donors (Lipinski definition) is 1. The minimum atomic E-state index is -3.36. The lowest BCUT2D eigenvalue weighted by Crippen LogP contribution is -2.38. The summed E-state index contributed by atoms with van der Waals surface area (Å²) >= 11 is 1.53. The van der Waals surface area contributed by atoms with E-state index in [-0.39, 0.29) is 12.3 Å². The van der Waals surface area contributed by atoms with Gasteiger partial charge < -0.3 is 5.32 Å². The van der Waals surface area contributed by atoms with Crippen LogP contribution < -0.4 is 5.32 Å². The number of nitrogens with one attached hydrogen (secondary N) is 1. The molecule has 0 bridgehead atoms. The predicted octanol–water partition coefficient (Wildman–Crippen LogP) is 1.14. The van der Waals surface area contributed by atoms with Gasteiger partial charge in [0.1, 0.15) is 5.25 Å². The summed E-state index contributed by atoms with van der Waals surface area (Å²) in [4.78, 5) is 17.0. The van der Waals surface area contributed by atoms with Crippen molar-refractivity contribution in [2.24, 2.45) is 0 Å². The van der Waals surface area contributed by atoms with E-state index in [1.165, 1.54) is 25.2 Å². The van der Waals surface area contributed by atoms with Gasteiger partial charge in [0, 0.05) is 23.0 Å². The molecule has 0 aliphatic heterocycles. The van der Waals surface area contributed by atoms with Gasteiger partial charge in [0.15, 0.2) is 14.8 Å². The number of nitrogens with zero attached hydrogens (tertiary/aromatic N) is 2. The molecule has 0 aliphatic carbocycles. The molecule has 2 heterocycles. The van der Waals surface area contributed by atoms with Crippen LogP contribution in [0.25, 0.3) is 4.96 Å². The van der Waals surface area contributed by atoms with Gasteiger partial charge in [-0.3, -0.25) is 9.20 Å². The standard InChI is InChI=1S/C12H17N3O3S2/c1-4-20(17,18)9(3)11(16)13-5-10-6-15-8(2)7-19-12(15)14-10/h6-7,9H,4-5H2,1-3H3,(H,13,16)/t9-/m0/s1. The zero-order valence-corrected chi connectivity index (χ0v) is 13.2.